The Morgan fingerprint density at radius 2 is 1.31 bits per heavy atom. The second-order valence-electron chi connectivity index (χ2n) is 21.0. The van der Waals surface area contributed by atoms with Crippen LogP contribution in [0.25, 0.3) is 55.7 Å². The van der Waals surface area contributed by atoms with E-state index in [0.717, 1.165) is 11.9 Å². The van der Waals surface area contributed by atoms with Gasteiger partial charge in [-0.15, -0.1) is 0 Å². The van der Waals surface area contributed by atoms with Crippen LogP contribution in [0.4, 0.5) is 51.9 Å². The Hall–Kier alpha value is -7.65. The zero-order valence-electron chi connectivity index (χ0n) is 45.1. The standard InChI is InChI=1S/C61H57BrF4N10O4S/c1-6-81(77,78)40-15-13-37(14-16-40)42-32-69-53(28-48(42)71-59-35(2)57(46-11-7-9-17-67-46)73-50-26-38(63)25-45(65)54(50)59)76-21-24-80-39(34-76)30-61(4,5)31-41-44(64)27-51-55(56(41)66)60(36(3)58(74-51)47-12-8-10-18-68-47)72-49-29-52(70-33-43(49)62)75-19-22-79-23-20-75/h7-18,25-29,32-33,39H,6,19-24,30-31,34H2,1-5H3,(H,69,71,73)(H,70,72,74). The van der Waals surface area contributed by atoms with Crippen molar-refractivity contribution in [3.8, 4) is 33.9 Å². The van der Waals surface area contributed by atoms with Gasteiger partial charge in [0.1, 0.15) is 34.9 Å². The summed E-state index contributed by atoms with van der Waals surface area (Å²) in [4.78, 5) is 32.5. The highest BCUT2D eigenvalue weighted by molar-refractivity contribution is 9.10. The fourth-order valence-electron chi connectivity index (χ4n) is 10.8. The van der Waals surface area contributed by atoms with Crippen molar-refractivity contribution in [1.29, 1.82) is 0 Å². The molecule has 0 saturated carbocycles. The van der Waals surface area contributed by atoms with Gasteiger partial charge in [0.15, 0.2) is 9.84 Å². The van der Waals surface area contributed by atoms with Gasteiger partial charge in [0.05, 0.1) is 108 Å². The van der Waals surface area contributed by atoms with Crippen LogP contribution < -0.4 is 20.4 Å². The Bertz CT molecular complexity index is 3970. The summed E-state index contributed by atoms with van der Waals surface area (Å²) < 4.78 is 104. The first-order valence-corrected chi connectivity index (χ1v) is 29.0. The van der Waals surface area contributed by atoms with Crippen LogP contribution in [-0.4, -0.2) is 96.2 Å². The highest BCUT2D eigenvalue weighted by atomic mass is 79.9. The number of pyridine rings is 6. The molecular formula is C61H57BrF4N10O4S. The van der Waals surface area contributed by atoms with Crippen molar-refractivity contribution in [2.45, 2.75) is 58.5 Å². The van der Waals surface area contributed by atoms with Gasteiger partial charge in [0.25, 0.3) is 0 Å². The fourth-order valence-corrected chi connectivity index (χ4v) is 12.0. The molecule has 416 valence electrons. The lowest BCUT2D eigenvalue weighted by molar-refractivity contribution is 0.0116. The van der Waals surface area contributed by atoms with Gasteiger partial charge in [-0.05, 0) is 90.0 Å². The first-order chi connectivity index (χ1) is 38.9. The zero-order valence-corrected chi connectivity index (χ0v) is 47.5. The molecule has 0 bridgehead atoms. The van der Waals surface area contributed by atoms with E-state index in [4.69, 9.17) is 24.4 Å². The van der Waals surface area contributed by atoms with Crippen molar-refractivity contribution < 1.29 is 35.5 Å². The number of nitrogens with zero attached hydrogens (tertiary/aromatic N) is 8. The number of fused-ring (bicyclic) bond motifs is 2. The van der Waals surface area contributed by atoms with E-state index in [-0.39, 0.29) is 44.4 Å². The summed E-state index contributed by atoms with van der Waals surface area (Å²) in [6.45, 7) is 12.7. The van der Waals surface area contributed by atoms with Crippen molar-refractivity contribution in [1.82, 2.24) is 29.9 Å². The molecule has 0 radical (unpaired) electrons. The molecule has 0 aliphatic carbocycles. The number of ether oxygens (including phenoxy) is 2. The highest BCUT2D eigenvalue weighted by Gasteiger charge is 2.33. The van der Waals surface area contributed by atoms with Crippen molar-refractivity contribution >= 4 is 82.0 Å². The van der Waals surface area contributed by atoms with Crippen LogP contribution in [0.1, 0.15) is 43.9 Å². The van der Waals surface area contributed by atoms with E-state index >= 15 is 13.2 Å². The average molecular weight is 1180 g/mol. The largest absolute Gasteiger partial charge is 0.378 e. The number of aromatic nitrogens is 6. The molecule has 14 nitrogen and oxygen atoms in total. The van der Waals surface area contributed by atoms with Crippen molar-refractivity contribution in [2.24, 2.45) is 5.41 Å². The van der Waals surface area contributed by atoms with Crippen molar-refractivity contribution in [3.63, 3.8) is 0 Å². The lowest BCUT2D eigenvalue weighted by Crippen LogP contribution is -2.44. The van der Waals surface area contributed by atoms with Gasteiger partial charge >= 0.3 is 0 Å². The highest BCUT2D eigenvalue weighted by Crippen LogP contribution is 2.44. The number of rotatable bonds is 15. The maximum atomic E-state index is 17.7. The van der Waals surface area contributed by atoms with Gasteiger partial charge in [-0.2, -0.15) is 0 Å². The summed E-state index contributed by atoms with van der Waals surface area (Å²) in [6, 6.07) is 24.3. The minimum Gasteiger partial charge on any atom is -0.378 e. The number of anilines is 6. The van der Waals surface area contributed by atoms with E-state index in [1.807, 2.05) is 45.0 Å². The first-order valence-electron chi connectivity index (χ1n) is 26.6. The third-order valence-corrected chi connectivity index (χ3v) is 17.3. The molecule has 6 aromatic heterocycles. The summed E-state index contributed by atoms with van der Waals surface area (Å²) in [7, 11) is -3.51. The molecule has 1 atom stereocenters. The smallest absolute Gasteiger partial charge is 0.178 e. The summed E-state index contributed by atoms with van der Waals surface area (Å²) in [5.41, 5.74) is 5.53. The molecule has 9 aromatic rings. The van der Waals surface area contributed by atoms with Crippen molar-refractivity contribution in [2.75, 3.05) is 72.2 Å². The number of sulfone groups is 1. The molecule has 2 fully saturated rings. The number of morpholine rings is 2. The van der Waals surface area contributed by atoms with E-state index in [0.29, 0.717) is 130 Å². The molecule has 2 saturated heterocycles. The van der Waals surface area contributed by atoms with Gasteiger partial charge in [-0.3, -0.25) is 9.97 Å². The van der Waals surface area contributed by atoms with Crippen LogP contribution in [0, 0.1) is 42.5 Å². The lowest BCUT2D eigenvalue weighted by Gasteiger charge is -2.38. The van der Waals surface area contributed by atoms with E-state index < -0.39 is 44.6 Å². The molecule has 0 amide bonds. The maximum Gasteiger partial charge on any atom is 0.178 e. The number of benzene rings is 3. The number of hydrogen-bond donors (Lipinski definition) is 2. The molecule has 11 rings (SSSR count). The molecule has 1 unspecified atom stereocenters. The van der Waals surface area contributed by atoms with Gasteiger partial charge in [-0.1, -0.05) is 45.0 Å². The summed E-state index contributed by atoms with van der Waals surface area (Å²) >= 11 is 3.66. The Kier molecular flexibility index (Phi) is 15.5. The average Bonchev–Trinajstić information content (AvgIpc) is 3.61. The second-order valence-corrected chi connectivity index (χ2v) is 24.2. The third-order valence-electron chi connectivity index (χ3n) is 15.0. The normalized spacial score (nSPS) is 15.2. The minimum atomic E-state index is -3.51. The predicted octanol–water partition coefficient (Wildman–Crippen LogP) is 13.3. The molecule has 81 heavy (non-hydrogen) atoms. The van der Waals surface area contributed by atoms with Crippen molar-refractivity contribution in [3.05, 3.63) is 160 Å². The second kappa shape index (κ2) is 22.7. The third kappa shape index (κ3) is 11.4. The molecule has 2 aliphatic heterocycles. The lowest BCUT2D eigenvalue weighted by atomic mass is 9.79. The Labute approximate surface area is 475 Å². The summed E-state index contributed by atoms with van der Waals surface area (Å²) in [6.07, 6.45) is 6.65. The zero-order chi connectivity index (χ0) is 56.7. The topological polar surface area (TPSA) is 160 Å². The van der Waals surface area contributed by atoms with Crippen LogP contribution in [0.3, 0.4) is 0 Å². The fraction of sp³-hybridized carbons (Fsp3) is 0.279. The molecule has 2 N–H and O–H groups in total. The maximum absolute atomic E-state index is 17.7. The number of hydrogen-bond acceptors (Lipinski definition) is 14. The van der Waals surface area contributed by atoms with Gasteiger partial charge in [0.2, 0.25) is 0 Å². The summed E-state index contributed by atoms with van der Waals surface area (Å²) in [5, 5.41) is 7.20. The van der Waals surface area contributed by atoms with E-state index in [1.165, 1.54) is 12.1 Å². The Morgan fingerprint density at radius 1 is 0.704 bits per heavy atom. The molecular weight excluding hydrogens is 1120 g/mol. The Balaban J connectivity index is 0.921. The monoisotopic (exact) mass is 1180 g/mol. The van der Waals surface area contributed by atoms with Gasteiger partial charge < -0.3 is 29.9 Å². The number of halogens is 5. The van der Waals surface area contributed by atoms with E-state index in [2.05, 4.69) is 51.3 Å². The molecule has 0 spiro atoms. The number of nitrogens with one attached hydrogen (secondary N) is 2. The molecule has 8 heterocycles. The van der Waals surface area contributed by atoms with Crippen LogP contribution in [0.15, 0.2) is 125 Å². The van der Waals surface area contributed by atoms with E-state index in [1.54, 1.807) is 87.2 Å². The van der Waals surface area contributed by atoms with Gasteiger partial charge in [0, 0.05) is 104 Å². The molecule has 3 aromatic carbocycles. The van der Waals surface area contributed by atoms with Crippen LogP contribution >= 0.6 is 15.9 Å². The quantitative estimate of drug-likeness (QED) is 0.0933. The van der Waals surface area contributed by atoms with Crippen LogP contribution in [0.2, 0.25) is 0 Å². The predicted molar refractivity (Wildman–Crippen MR) is 312 cm³/mol. The first kappa shape index (κ1) is 55.3. The van der Waals surface area contributed by atoms with Gasteiger partial charge in [-0.25, -0.2) is 45.9 Å². The SMILES string of the molecule is CCS(=O)(=O)c1ccc(-c2cnc(N3CCOC(CC(C)(C)Cc4c(F)cc5nc(-c6ccccn6)c(C)c(Nc6cc(N7CCOCC7)ncc6Br)c5c4F)C3)cc2Nc2c(C)c(-c3ccccn3)nc3cc(F)cc(F)c23)cc1. The van der Waals surface area contributed by atoms with Crippen LogP contribution in [0.5, 0.6) is 0 Å². The molecule has 2 aliphatic rings. The Morgan fingerprint density at radius 3 is 1.96 bits per heavy atom. The summed E-state index contributed by atoms with van der Waals surface area (Å²) in [5.74, 6) is -1.87. The van der Waals surface area contributed by atoms with E-state index in [9.17, 15) is 12.8 Å². The minimum absolute atomic E-state index is 0.0145. The van der Waals surface area contributed by atoms with Crippen LogP contribution in [-0.2, 0) is 25.7 Å². The molecule has 20 heteroatoms.